The molecule has 11 heteroatoms. The third kappa shape index (κ3) is 7.81. The third-order valence-corrected chi connectivity index (χ3v) is 11.7. The molecule has 1 aromatic heterocycles. The third-order valence-electron chi connectivity index (χ3n) is 11.7. The minimum Gasteiger partial charge on any atom is -0.392 e. The van der Waals surface area contributed by atoms with E-state index in [1.807, 2.05) is 91.0 Å². The Morgan fingerprint density at radius 2 is 1.55 bits per heavy atom. The highest BCUT2D eigenvalue weighted by molar-refractivity contribution is 5.94. The summed E-state index contributed by atoms with van der Waals surface area (Å²) in [5, 5.41) is 15.8. The average molecular weight is 775 g/mol. The van der Waals surface area contributed by atoms with Crippen LogP contribution in [0.4, 0.5) is 5.69 Å². The summed E-state index contributed by atoms with van der Waals surface area (Å²) in [6.45, 7) is 3.11. The Morgan fingerprint density at radius 3 is 2.34 bits per heavy atom. The maximum absolute atomic E-state index is 13.3. The minimum absolute atomic E-state index is 0.0180. The van der Waals surface area contributed by atoms with E-state index in [2.05, 4.69) is 66.8 Å². The number of fused-ring (bicyclic) bond motifs is 1. The number of hydrogen-bond acceptors (Lipinski definition) is 9. The van der Waals surface area contributed by atoms with Crippen LogP contribution in [-0.4, -0.2) is 69.7 Å². The number of aliphatic hydroxyl groups excluding tert-OH is 1. The summed E-state index contributed by atoms with van der Waals surface area (Å²) >= 11 is 0. The summed E-state index contributed by atoms with van der Waals surface area (Å²) in [4.78, 5) is 39.9. The van der Waals surface area contributed by atoms with Crippen molar-refractivity contribution < 1.29 is 24.2 Å². The summed E-state index contributed by atoms with van der Waals surface area (Å²) < 4.78 is 13.5. The second kappa shape index (κ2) is 16.5. The first-order valence-electron chi connectivity index (χ1n) is 20.0. The first kappa shape index (κ1) is 37.6. The van der Waals surface area contributed by atoms with Gasteiger partial charge in [-0.25, -0.2) is 4.98 Å². The van der Waals surface area contributed by atoms with E-state index in [4.69, 9.17) is 9.47 Å². The summed E-state index contributed by atoms with van der Waals surface area (Å²) in [5.41, 5.74) is 7.96. The Morgan fingerprint density at radius 1 is 0.810 bits per heavy atom. The lowest BCUT2D eigenvalue weighted by molar-refractivity contribution is -0.253. The maximum atomic E-state index is 13.3. The van der Waals surface area contributed by atoms with Crippen LogP contribution < -0.4 is 15.5 Å². The molecule has 3 N–H and O–H groups in total. The summed E-state index contributed by atoms with van der Waals surface area (Å²) in [6.07, 6.45) is 2.68. The highest BCUT2D eigenvalue weighted by atomic mass is 16.7. The summed E-state index contributed by atoms with van der Waals surface area (Å²) in [7, 11) is 0. The number of carbonyl (C=O) groups is 2. The zero-order valence-corrected chi connectivity index (χ0v) is 32.2. The topological polar surface area (TPSA) is 129 Å². The van der Waals surface area contributed by atoms with Crippen molar-refractivity contribution in [3.63, 3.8) is 0 Å². The molecule has 294 valence electrons. The molecular formula is C47H46N6O5. The second-order valence-corrected chi connectivity index (χ2v) is 15.4. The second-order valence-electron chi connectivity index (χ2n) is 15.4. The van der Waals surface area contributed by atoms with Gasteiger partial charge in [0.1, 0.15) is 11.2 Å². The molecule has 9 rings (SSSR count). The van der Waals surface area contributed by atoms with E-state index >= 15 is 0 Å². The Kier molecular flexibility index (Phi) is 10.7. The van der Waals surface area contributed by atoms with Crippen LogP contribution in [0.3, 0.4) is 0 Å². The normalized spacial score (nSPS) is 20.6. The molecule has 5 aromatic carbocycles. The van der Waals surface area contributed by atoms with Crippen LogP contribution in [0, 0.1) is 0 Å². The SMILES string of the molecule is O=C(NCc1cccc(-c2cccc([C@@H]3O[C@H](CN4CCC5(CC4)C(=O)NCN5c4ccccc4)C[C@H](c4ccc(CO)cc4)O3)c2)c1)c1cnc2ccccc2n1. The van der Waals surface area contributed by atoms with Crippen molar-refractivity contribution in [2.75, 3.05) is 31.2 Å². The van der Waals surface area contributed by atoms with Gasteiger partial charge < -0.3 is 35.0 Å². The lowest BCUT2D eigenvalue weighted by Gasteiger charge is -2.45. The van der Waals surface area contributed by atoms with E-state index in [0.717, 1.165) is 70.5 Å². The molecule has 0 unspecified atom stereocenters. The fourth-order valence-electron chi connectivity index (χ4n) is 8.52. The van der Waals surface area contributed by atoms with Crippen molar-refractivity contribution in [2.45, 2.75) is 56.5 Å². The number of carbonyl (C=O) groups excluding carboxylic acids is 2. The molecule has 3 atom stereocenters. The highest BCUT2D eigenvalue weighted by Gasteiger charge is 2.50. The van der Waals surface area contributed by atoms with Crippen molar-refractivity contribution in [3.8, 4) is 11.1 Å². The average Bonchev–Trinajstić information content (AvgIpc) is 3.60. The van der Waals surface area contributed by atoms with Gasteiger partial charge >= 0.3 is 0 Å². The molecule has 0 bridgehead atoms. The first-order chi connectivity index (χ1) is 28.4. The van der Waals surface area contributed by atoms with Crippen LogP contribution in [0.1, 0.15) is 64.4 Å². The number of piperidine rings is 1. The van der Waals surface area contributed by atoms with Gasteiger partial charge in [-0.05, 0) is 77.1 Å². The number of amides is 2. The van der Waals surface area contributed by atoms with Crippen molar-refractivity contribution in [3.05, 3.63) is 162 Å². The molecule has 4 heterocycles. The lowest BCUT2D eigenvalue weighted by atomic mass is 9.85. The Hall–Kier alpha value is -5.98. The van der Waals surface area contributed by atoms with Crippen LogP contribution in [0.25, 0.3) is 22.2 Å². The molecular weight excluding hydrogens is 729 g/mol. The number of likely N-dealkylation sites (tertiary alicyclic amines) is 1. The predicted molar refractivity (Wildman–Crippen MR) is 221 cm³/mol. The number of ether oxygens (including phenoxy) is 2. The van der Waals surface area contributed by atoms with E-state index in [0.29, 0.717) is 31.7 Å². The number of para-hydroxylation sites is 3. The standard InChI is InChI=1S/C47H46N6O5/c54-30-32-16-18-34(19-17-32)43-26-39(29-52-22-20-47(21-23-52)46(56)50-31-53(47)38-12-2-1-3-13-38)57-45(58-43)37-11-7-10-36(25-37)35-9-6-8-33(24-35)27-49-44(55)42-28-48-40-14-4-5-15-41(40)51-42/h1-19,24-25,28,39,43,45,54H,20-23,26-27,29-31H2,(H,49,55)(H,50,56)/t39-,43+,45+/m0/s1. The zero-order chi connectivity index (χ0) is 39.5. The van der Waals surface area contributed by atoms with Crippen LogP contribution in [0.5, 0.6) is 0 Å². The molecule has 2 amide bonds. The van der Waals surface area contributed by atoms with Crippen LogP contribution in [-0.2, 0) is 27.4 Å². The van der Waals surface area contributed by atoms with E-state index in [1.165, 1.54) is 6.20 Å². The van der Waals surface area contributed by atoms with Crippen LogP contribution in [0.15, 0.2) is 134 Å². The van der Waals surface area contributed by atoms with Gasteiger partial charge in [0.2, 0.25) is 5.91 Å². The molecule has 58 heavy (non-hydrogen) atoms. The van der Waals surface area contributed by atoms with Gasteiger partial charge in [-0.3, -0.25) is 14.6 Å². The number of nitrogens with zero attached hydrogens (tertiary/aromatic N) is 4. The van der Waals surface area contributed by atoms with Gasteiger partial charge in [0.25, 0.3) is 5.91 Å². The van der Waals surface area contributed by atoms with Crippen molar-refractivity contribution in [2.24, 2.45) is 0 Å². The Balaban J connectivity index is 0.902. The monoisotopic (exact) mass is 774 g/mol. The fourth-order valence-corrected chi connectivity index (χ4v) is 8.52. The molecule has 3 aliphatic rings. The Bertz CT molecular complexity index is 2400. The Labute approximate surface area is 337 Å². The van der Waals surface area contributed by atoms with E-state index in [1.54, 1.807) is 0 Å². The molecule has 3 fully saturated rings. The molecule has 1 spiro atoms. The van der Waals surface area contributed by atoms with Crippen LogP contribution >= 0.6 is 0 Å². The largest absolute Gasteiger partial charge is 0.392 e. The van der Waals surface area contributed by atoms with E-state index in [9.17, 15) is 14.7 Å². The maximum Gasteiger partial charge on any atom is 0.271 e. The molecule has 3 aliphatic heterocycles. The van der Waals surface area contributed by atoms with Gasteiger partial charge in [-0.15, -0.1) is 0 Å². The van der Waals surface area contributed by atoms with Crippen LogP contribution in [0.2, 0.25) is 0 Å². The molecule has 0 saturated carbocycles. The number of benzene rings is 5. The van der Waals surface area contributed by atoms with Crippen molar-refractivity contribution in [1.29, 1.82) is 0 Å². The number of aromatic nitrogens is 2. The molecule has 6 aromatic rings. The molecule has 11 nitrogen and oxygen atoms in total. The number of hydrogen-bond donors (Lipinski definition) is 3. The van der Waals surface area contributed by atoms with Crippen molar-refractivity contribution >= 4 is 28.5 Å². The predicted octanol–water partition coefficient (Wildman–Crippen LogP) is 6.69. The quantitative estimate of drug-likeness (QED) is 0.139. The zero-order valence-electron chi connectivity index (χ0n) is 32.2. The van der Waals surface area contributed by atoms with Gasteiger partial charge in [0, 0.05) is 43.9 Å². The minimum atomic E-state index is -0.614. The number of anilines is 1. The molecule has 0 radical (unpaired) electrons. The number of rotatable bonds is 10. The molecule has 3 saturated heterocycles. The number of aliphatic hydroxyl groups is 1. The first-order valence-corrected chi connectivity index (χ1v) is 20.0. The highest BCUT2D eigenvalue weighted by Crippen LogP contribution is 2.41. The fraction of sp³-hybridized carbons (Fsp3) is 0.277. The number of nitrogens with one attached hydrogen (secondary N) is 2. The van der Waals surface area contributed by atoms with Gasteiger partial charge in [0.05, 0.1) is 42.7 Å². The van der Waals surface area contributed by atoms with E-state index in [-0.39, 0.29) is 36.3 Å². The van der Waals surface area contributed by atoms with E-state index < -0.39 is 11.8 Å². The molecule has 0 aliphatic carbocycles. The summed E-state index contributed by atoms with van der Waals surface area (Å²) in [6, 6.07) is 42.0. The summed E-state index contributed by atoms with van der Waals surface area (Å²) in [5.74, 6) is -0.176. The smallest absolute Gasteiger partial charge is 0.271 e. The van der Waals surface area contributed by atoms with Crippen molar-refractivity contribution in [1.82, 2.24) is 25.5 Å². The van der Waals surface area contributed by atoms with Gasteiger partial charge in [0.15, 0.2) is 6.29 Å². The van der Waals surface area contributed by atoms with Gasteiger partial charge in [-0.2, -0.15) is 0 Å². The lowest BCUT2D eigenvalue weighted by Crippen LogP contribution is -2.57. The van der Waals surface area contributed by atoms with Gasteiger partial charge in [-0.1, -0.05) is 91.0 Å².